The van der Waals surface area contributed by atoms with Crippen LogP contribution < -0.4 is 5.32 Å². The predicted molar refractivity (Wildman–Crippen MR) is 99.9 cm³/mol. The average Bonchev–Trinajstić information content (AvgIpc) is 2.68. The van der Waals surface area contributed by atoms with E-state index in [0.29, 0.717) is 16.7 Å². The molecular formula is C20H14N2O5. The van der Waals surface area contributed by atoms with Crippen molar-refractivity contribution in [1.82, 2.24) is 0 Å². The Morgan fingerprint density at radius 1 is 0.889 bits per heavy atom. The Kier molecular flexibility index (Phi) is 4.94. The van der Waals surface area contributed by atoms with Gasteiger partial charge in [0.05, 0.1) is 16.2 Å². The molecule has 0 aliphatic heterocycles. The number of hydrogen-bond acceptors (Lipinski definition) is 4. The van der Waals surface area contributed by atoms with Crippen LogP contribution in [0.2, 0.25) is 0 Å². The number of hydrogen-bond donors (Lipinski definition) is 2. The first kappa shape index (κ1) is 17.8. The van der Waals surface area contributed by atoms with Crippen molar-refractivity contribution in [3.8, 4) is 11.1 Å². The van der Waals surface area contributed by atoms with Gasteiger partial charge in [0.2, 0.25) is 0 Å². The van der Waals surface area contributed by atoms with Gasteiger partial charge in [-0.15, -0.1) is 0 Å². The molecule has 134 valence electrons. The van der Waals surface area contributed by atoms with Gasteiger partial charge in [-0.3, -0.25) is 14.9 Å². The fraction of sp³-hybridized carbons (Fsp3) is 0. The van der Waals surface area contributed by atoms with Gasteiger partial charge in [-0.05, 0) is 47.5 Å². The monoisotopic (exact) mass is 362 g/mol. The molecule has 2 N–H and O–H groups in total. The minimum Gasteiger partial charge on any atom is -0.478 e. The molecule has 0 aliphatic rings. The maximum absolute atomic E-state index is 12.4. The largest absolute Gasteiger partial charge is 0.478 e. The summed E-state index contributed by atoms with van der Waals surface area (Å²) in [4.78, 5) is 34.1. The molecule has 0 heterocycles. The number of carbonyl (C=O) groups excluding carboxylic acids is 1. The van der Waals surface area contributed by atoms with E-state index in [2.05, 4.69) is 5.32 Å². The number of non-ortho nitro benzene ring substituents is 1. The second kappa shape index (κ2) is 7.49. The van der Waals surface area contributed by atoms with E-state index in [-0.39, 0.29) is 16.9 Å². The molecule has 0 spiro atoms. The van der Waals surface area contributed by atoms with E-state index in [4.69, 9.17) is 0 Å². The summed E-state index contributed by atoms with van der Waals surface area (Å²) in [7, 11) is 0. The lowest BCUT2D eigenvalue weighted by Crippen LogP contribution is -2.14. The number of carboxylic acid groups (broad SMARTS) is 1. The first-order valence-electron chi connectivity index (χ1n) is 7.94. The van der Waals surface area contributed by atoms with Gasteiger partial charge in [0, 0.05) is 17.7 Å². The third-order valence-corrected chi connectivity index (χ3v) is 3.95. The Hall–Kier alpha value is -4.00. The average molecular weight is 362 g/mol. The van der Waals surface area contributed by atoms with E-state index in [1.165, 1.54) is 24.3 Å². The van der Waals surface area contributed by atoms with E-state index in [1.54, 1.807) is 48.5 Å². The number of amides is 1. The summed E-state index contributed by atoms with van der Waals surface area (Å²) >= 11 is 0. The van der Waals surface area contributed by atoms with Crippen molar-refractivity contribution in [3.05, 3.63) is 94.0 Å². The van der Waals surface area contributed by atoms with Crippen molar-refractivity contribution in [3.63, 3.8) is 0 Å². The molecule has 7 heteroatoms. The molecule has 7 nitrogen and oxygen atoms in total. The van der Waals surface area contributed by atoms with Crippen LogP contribution in [0.4, 0.5) is 11.4 Å². The summed E-state index contributed by atoms with van der Waals surface area (Å²) in [6.07, 6.45) is 0. The smallest absolute Gasteiger partial charge is 0.337 e. The second-order valence-electron chi connectivity index (χ2n) is 5.69. The highest BCUT2D eigenvalue weighted by molar-refractivity contribution is 6.08. The summed E-state index contributed by atoms with van der Waals surface area (Å²) in [5.74, 6) is -1.60. The molecule has 0 atom stereocenters. The van der Waals surface area contributed by atoms with Crippen molar-refractivity contribution in [2.45, 2.75) is 0 Å². The molecule has 0 saturated carbocycles. The topological polar surface area (TPSA) is 110 Å². The number of anilines is 1. The lowest BCUT2D eigenvalue weighted by Gasteiger charge is -2.11. The molecule has 0 unspecified atom stereocenters. The van der Waals surface area contributed by atoms with Crippen LogP contribution in [0.25, 0.3) is 11.1 Å². The molecule has 0 bridgehead atoms. The van der Waals surface area contributed by atoms with Crippen molar-refractivity contribution >= 4 is 23.3 Å². The van der Waals surface area contributed by atoms with Crippen LogP contribution in [0, 0.1) is 10.1 Å². The first-order chi connectivity index (χ1) is 13.0. The lowest BCUT2D eigenvalue weighted by molar-refractivity contribution is -0.384. The van der Waals surface area contributed by atoms with Gasteiger partial charge in [-0.25, -0.2) is 4.79 Å². The summed E-state index contributed by atoms with van der Waals surface area (Å²) in [5.41, 5.74) is 1.73. The normalized spacial score (nSPS) is 10.2. The first-order valence-corrected chi connectivity index (χ1v) is 7.94. The van der Waals surface area contributed by atoms with Crippen molar-refractivity contribution in [2.75, 3.05) is 5.32 Å². The number of aromatic carboxylic acids is 1. The molecule has 0 saturated heterocycles. The Labute approximate surface area is 154 Å². The minimum atomic E-state index is -1.17. The number of nitrogens with zero attached hydrogens (tertiary/aromatic N) is 1. The number of carbonyl (C=O) groups is 2. The van der Waals surface area contributed by atoms with Gasteiger partial charge < -0.3 is 10.4 Å². The highest BCUT2D eigenvalue weighted by Gasteiger charge is 2.15. The highest BCUT2D eigenvalue weighted by atomic mass is 16.6. The Bertz CT molecular complexity index is 1010. The second-order valence-corrected chi connectivity index (χ2v) is 5.69. The van der Waals surface area contributed by atoms with E-state index in [9.17, 15) is 24.8 Å². The number of nitro groups is 1. The van der Waals surface area contributed by atoms with Crippen LogP contribution >= 0.6 is 0 Å². The van der Waals surface area contributed by atoms with Crippen molar-refractivity contribution < 1.29 is 19.6 Å². The number of nitro benzene ring substituents is 1. The number of rotatable bonds is 5. The molecule has 3 rings (SSSR count). The summed E-state index contributed by atoms with van der Waals surface area (Å²) in [6, 6.07) is 18.8. The Morgan fingerprint density at radius 3 is 2.11 bits per heavy atom. The zero-order valence-electron chi connectivity index (χ0n) is 14.0. The van der Waals surface area contributed by atoms with Crippen LogP contribution in [-0.2, 0) is 0 Å². The Morgan fingerprint density at radius 2 is 1.52 bits per heavy atom. The maximum atomic E-state index is 12.4. The summed E-state index contributed by atoms with van der Waals surface area (Å²) in [6.45, 7) is 0. The van der Waals surface area contributed by atoms with E-state index >= 15 is 0 Å². The zero-order chi connectivity index (χ0) is 19.4. The number of benzene rings is 3. The fourth-order valence-electron chi connectivity index (χ4n) is 2.57. The van der Waals surface area contributed by atoms with Gasteiger partial charge in [0.1, 0.15) is 0 Å². The van der Waals surface area contributed by atoms with Crippen LogP contribution in [0.5, 0.6) is 0 Å². The van der Waals surface area contributed by atoms with E-state index in [1.807, 2.05) is 0 Å². The van der Waals surface area contributed by atoms with E-state index in [0.717, 1.165) is 0 Å². The Balaban J connectivity index is 1.96. The molecule has 3 aromatic rings. The third-order valence-electron chi connectivity index (χ3n) is 3.95. The molecular weight excluding hydrogens is 348 g/mol. The van der Waals surface area contributed by atoms with Gasteiger partial charge in [-0.2, -0.15) is 0 Å². The van der Waals surface area contributed by atoms with Gasteiger partial charge in [0.25, 0.3) is 11.6 Å². The molecule has 27 heavy (non-hydrogen) atoms. The molecule has 0 fully saturated rings. The minimum absolute atomic E-state index is 0.0430. The van der Waals surface area contributed by atoms with Crippen molar-refractivity contribution in [2.24, 2.45) is 0 Å². The summed E-state index contributed by atoms with van der Waals surface area (Å²) < 4.78 is 0. The van der Waals surface area contributed by atoms with Crippen LogP contribution in [0.3, 0.4) is 0 Å². The van der Waals surface area contributed by atoms with Crippen LogP contribution in [0.1, 0.15) is 20.7 Å². The highest BCUT2D eigenvalue weighted by Crippen LogP contribution is 2.28. The van der Waals surface area contributed by atoms with Crippen LogP contribution in [0.15, 0.2) is 72.8 Å². The predicted octanol–water partition coefficient (Wildman–Crippen LogP) is 4.21. The van der Waals surface area contributed by atoms with Gasteiger partial charge in [-0.1, -0.05) is 24.3 Å². The summed E-state index contributed by atoms with van der Waals surface area (Å²) in [5, 5.41) is 22.8. The fourth-order valence-corrected chi connectivity index (χ4v) is 2.57. The zero-order valence-corrected chi connectivity index (χ0v) is 14.0. The molecule has 0 radical (unpaired) electrons. The quantitative estimate of drug-likeness (QED) is 0.522. The van der Waals surface area contributed by atoms with Gasteiger partial charge in [0.15, 0.2) is 0 Å². The molecule has 3 aromatic carbocycles. The number of nitrogens with one attached hydrogen (secondary N) is 1. The van der Waals surface area contributed by atoms with Crippen molar-refractivity contribution in [1.29, 1.82) is 0 Å². The number of carboxylic acids is 1. The van der Waals surface area contributed by atoms with Gasteiger partial charge >= 0.3 is 5.97 Å². The molecule has 1 amide bonds. The van der Waals surface area contributed by atoms with E-state index < -0.39 is 16.8 Å². The third kappa shape index (κ3) is 3.98. The SMILES string of the molecule is O=C(Nc1cc(-c2ccc([N+](=O)[O-])cc2)ccc1C(=O)O)c1ccccc1. The molecule has 0 aromatic heterocycles. The molecule has 0 aliphatic carbocycles. The van der Waals surface area contributed by atoms with Crippen LogP contribution in [-0.4, -0.2) is 21.9 Å². The lowest BCUT2D eigenvalue weighted by atomic mass is 10.0. The maximum Gasteiger partial charge on any atom is 0.337 e. The standard InChI is InChI=1S/C20H14N2O5/c23-19(14-4-2-1-3-5-14)21-18-12-15(8-11-17(18)20(24)25)13-6-9-16(10-7-13)22(26)27/h1-12H,(H,21,23)(H,24,25).